The van der Waals surface area contributed by atoms with Crippen molar-refractivity contribution in [1.29, 1.82) is 0 Å². The molecule has 0 radical (unpaired) electrons. The Balaban J connectivity index is 2.30. The minimum Gasteiger partial charge on any atom is -0.465 e. The van der Waals surface area contributed by atoms with Crippen molar-refractivity contribution in [3.63, 3.8) is 0 Å². The second-order valence-corrected chi connectivity index (χ2v) is 6.85. The molecule has 1 aromatic rings. The summed E-state index contributed by atoms with van der Waals surface area (Å²) in [5.74, 6) is -0.457. The minimum absolute atomic E-state index is 0.0316. The molecule has 0 aromatic heterocycles. The Bertz CT molecular complexity index is 634. The summed E-state index contributed by atoms with van der Waals surface area (Å²) in [5, 5.41) is 3.00. The van der Waals surface area contributed by atoms with Gasteiger partial charge in [0.05, 0.1) is 38.0 Å². The molecule has 1 N–H and O–H groups in total. The second kappa shape index (κ2) is 7.34. The lowest BCUT2D eigenvalue weighted by Gasteiger charge is -2.38. The lowest BCUT2D eigenvalue weighted by molar-refractivity contribution is -0.928. The number of quaternary nitrogens is 1. The van der Waals surface area contributed by atoms with Gasteiger partial charge in [-0.25, -0.2) is 4.79 Å². The van der Waals surface area contributed by atoms with Gasteiger partial charge in [0.15, 0.2) is 6.04 Å². The first-order chi connectivity index (χ1) is 11.3. The van der Waals surface area contributed by atoms with Gasteiger partial charge < -0.3 is 14.5 Å². The van der Waals surface area contributed by atoms with Crippen LogP contribution < -0.4 is 5.32 Å². The second-order valence-electron chi connectivity index (χ2n) is 6.85. The Morgan fingerprint density at radius 2 is 1.88 bits per heavy atom. The molecular formula is C19H29N2O3+. The van der Waals surface area contributed by atoms with Crippen molar-refractivity contribution >= 4 is 17.6 Å². The largest absolute Gasteiger partial charge is 0.465 e. The number of methoxy groups -OCH3 is 1. The van der Waals surface area contributed by atoms with Gasteiger partial charge in [0, 0.05) is 12.8 Å². The first-order valence-corrected chi connectivity index (χ1v) is 8.71. The molecule has 132 valence electrons. The van der Waals surface area contributed by atoms with E-state index in [0.717, 1.165) is 35.2 Å². The molecule has 1 fully saturated rings. The molecule has 0 aliphatic carbocycles. The predicted molar refractivity (Wildman–Crippen MR) is 95.1 cm³/mol. The minimum atomic E-state index is -0.426. The van der Waals surface area contributed by atoms with Crippen LogP contribution in [-0.4, -0.2) is 49.1 Å². The van der Waals surface area contributed by atoms with Gasteiger partial charge >= 0.3 is 5.97 Å². The first-order valence-electron chi connectivity index (χ1n) is 8.71. The lowest BCUT2D eigenvalue weighted by Crippen LogP contribution is -2.56. The summed E-state index contributed by atoms with van der Waals surface area (Å²) in [6.45, 7) is 11.0. The molecule has 1 saturated heterocycles. The van der Waals surface area contributed by atoms with Crippen LogP contribution in [0.3, 0.4) is 0 Å². The Morgan fingerprint density at radius 1 is 1.25 bits per heavy atom. The normalized spacial score (nSPS) is 17.4. The van der Waals surface area contributed by atoms with E-state index in [1.807, 2.05) is 26.8 Å². The maximum absolute atomic E-state index is 12.9. The summed E-state index contributed by atoms with van der Waals surface area (Å²) in [4.78, 5) is 25.0. The van der Waals surface area contributed by atoms with E-state index in [4.69, 9.17) is 4.74 Å². The number of benzene rings is 1. The van der Waals surface area contributed by atoms with Crippen LogP contribution >= 0.6 is 0 Å². The van der Waals surface area contributed by atoms with Crippen molar-refractivity contribution in [2.24, 2.45) is 0 Å². The number of ether oxygens (including phenoxy) is 1. The Kier molecular flexibility index (Phi) is 5.65. The molecule has 5 nitrogen and oxygen atoms in total. The van der Waals surface area contributed by atoms with E-state index in [-0.39, 0.29) is 11.9 Å². The number of likely N-dealkylation sites (N-methyl/N-ethyl adjacent to an activating group) is 1. The van der Waals surface area contributed by atoms with E-state index in [2.05, 4.69) is 12.2 Å². The highest BCUT2D eigenvalue weighted by Crippen LogP contribution is 2.27. The van der Waals surface area contributed by atoms with E-state index >= 15 is 0 Å². The fourth-order valence-electron chi connectivity index (χ4n) is 3.82. The number of aryl methyl sites for hydroxylation is 2. The number of hydrogen-bond acceptors (Lipinski definition) is 3. The number of nitrogens with one attached hydrogen (secondary N) is 1. The summed E-state index contributed by atoms with van der Waals surface area (Å²) in [5.41, 5.74) is 2.83. The molecule has 0 saturated carbocycles. The summed E-state index contributed by atoms with van der Waals surface area (Å²) in [6.07, 6.45) is 2.34. The van der Waals surface area contributed by atoms with Gasteiger partial charge in [-0.05, 0) is 44.9 Å². The molecule has 1 aliphatic rings. The van der Waals surface area contributed by atoms with E-state index in [1.165, 1.54) is 20.0 Å². The van der Waals surface area contributed by atoms with Crippen LogP contribution in [0.5, 0.6) is 0 Å². The fourth-order valence-corrected chi connectivity index (χ4v) is 3.82. The summed E-state index contributed by atoms with van der Waals surface area (Å²) < 4.78 is 5.70. The van der Waals surface area contributed by atoms with Crippen LogP contribution in [0.15, 0.2) is 12.1 Å². The molecular weight excluding hydrogens is 304 g/mol. The zero-order valence-electron chi connectivity index (χ0n) is 15.4. The summed E-state index contributed by atoms with van der Waals surface area (Å²) in [6, 6.07) is 3.59. The van der Waals surface area contributed by atoms with E-state index < -0.39 is 5.97 Å². The Hall–Kier alpha value is -1.88. The number of rotatable bonds is 5. The van der Waals surface area contributed by atoms with Crippen LogP contribution in [-0.2, 0) is 9.53 Å². The number of likely N-dealkylation sites (tertiary alicyclic amines) is 1. The monoisotopic (exact) mass is 333 g/mol. The van der Waals surface area contributed by atoms with Crippen LogP contribution in [0, 0.1) is 13.8 Å². The molecule has 1 unspecified atom stereocenters. The average Bonchev–Trinajstić information content (AvgIpc) is 3.05. The number of carbonyl (C=O) groups excluding carboxylic acids is 2. The zero-order chi connectivity index (χ0) is 17.9. The number of carbonyl (C=O) groups is 2. The van der Waals surface area contributed by atoms with Crippen LogP contribution in [0.1, 0.15) is 48.2 Å². The average molecular weight is 333 g/mol. The number of hydrogen-bond donors (Lipinski definition) is 1. The molecule has 1 amide bonds. The van der Waals surface area contributed by atoms with Crippen molar-refractivity contribution in [2.75, 3.05) is 32.1 Å². The third-order valence-electron chi connectivity index (χ3n) is 5.42. The molecule has 0 spiro atoms. The van der Waals surface area contributed by atoms with Gasteiger partial charge in [-0.1, -0.05) is 6.07 Å². The van der Waals surface area contributed by atoms with Crippen molar-refractivity contribution in [2.45, 2.75) is 46.6 Å². The standard InChI is InChI=1S/C19H28N2O3/c1-6-21(9-7-8-10-21)15(4)18(22)20-17-14(3)11-13(2)12-16(17)19(23)24-5/h11-12,15H,6-10H2,1-5H3/p+1. The topological polar surface area (TPSA) is 55.4 Å². The lowest BCUT2D eigenvalue weighted by atomic mass is 10.0. The van der Waals surface area contributed by atoms with E-state index in [1.54, 1.807) is 6.07 Å². The van der Waals surface area contributed by atoms with E-state index in [9.17, 15) is 9.59 Å². The van der Waals surface area contributed by atoms with Gasteiger partial charge in [-0.2, -0.15) is 0 Å². The summed E-state index contributed by atoms with van der Waals surface area (Å²) in [7, 11) is 1.36. The SMILES string of the molecule is CC[N+]1(C(C)C(=O)Nc2c(C)cc(C)cc2C(=O)OC)CCCC1. The predicted octanol–water partition coefficient (Wildman–Crippen LogP) is 3.05. The Morgan fingerprint density at radius 3 is 2.42 bits per heavy atom. The fraction of sp³-hybridized carbons (Fsp3) is 0.579. The molecule has 1 heterocycles. The third kappa shape index (κ3) is 3.46. The van der Waals surface area contributed by atoms with Gasteiger partial charge in [0.2, 0.25) is 0 Å². The number of nitrogens with zero attached hydrogens (tertiary/aromatic N) is 1. The van der Waals surface area contributed by atoms with Gasteiger partial charge in [0.25, 0.3) is 5.91 Å². The third-order valence-corrected chi connectivity index (χ3v) is 5.42. The maximum Gasteiger partial charge on any atom is 0.339 e. The highest BCUT2D eigenvalue weighted by Gasteiger charge is 2.40. The molecule has 0 bridgehead atoms. The molecule has 1 aromatic carbocycles. The molecule has 2 rings (SSSR count). The molecule has 1 atom stereocenters. The highest BCUT2D eigenvalue weighted by molar-refractivity contribution is 6.03. The molecule has 1 aliphatic heterocycles. The van der Waals surface area contributed by atoms with Crippen molar-refractivity contribution in [3.8, 4) is 0 Å². The first kappa shape index (κ1) is 18.5. The smallest absolute Gasteiger partial charge is 0.339 e. The van der Waals surface area contributed by atoms with Gasteiger partial charge in [-0.3, -0.25) is 4.79 Å². The zero-order valence-corrected chi connectivity index (χ0v) is 15.4. The van der Waals surface area contributed by atoms with Gasteiger partial charge in [-0.15, -0.1) is 0 Å². The summed E-state index contributed by atoms with van der Waals surface area (Å²) >= 11 is 0. The highest BCUT2D eigenvalue weighted by atomic mass is 16.5. The van der Waals surface area contributed by atoms with Gasteiger partial charge in [0.1, 0.15) is 0 Å². The van der Waals surface area contributed by atoms with Crippen molar-refractivity contribution in [1.82, 2.24) is 0 Å². The quantitative estimate of drug-likeness (QED) is 0.665. The number of esters is 1. The number of amides is 1. The van der Waals surface area contributed by atoms with Crippen LogP contribution in [0.2, 0.25) is 0 Å². The van der Waals surface area contributed by atoms with Crippen molar-refractivity contribution in [3.05, 3.63) is 28.8 Å². The van der Waals surface area contributed by atoms with E-state index in [0.29, 0.717) is 11.3 Å². The van der Waals surface area contributed by atoms with Crippen LogP contribution in [0.4, 0.5) is 5.69 Å². The molecule has 5 heteroatoms. The Labute approximate surface area is 144 Å². The maximum atomic E-state index is 12.9. The van der Waals surface area contributed by atoms with Crippen molar-refractivity contribution < 1.29 is 18.8 Å². The van der Waals surface area contributed by atoms with Crippen LogP contribution in [0.25, 0.3) is 0 Å². The molecule has 24 heavy (non-hydrogen) atoms. The number of anilines is 1.